The Labute approximate surface area is 730 Å². The van der Waals surface area contributed by atoms with Gasteiger partial charge in [0.1, 0.15) is 5.75 Å². The van der Waals surface area contributed by atoms with Gasteiger partial charge in [-0.1, -0.05) is 120 Å². The van der Waals surface area contributed by atoms with Crippen molar-refractivity contribution in [3.05, 3.63) is 230 Å². The number of carbonyl (C=O) groups excluding carboxylic acids is 2. The van der Waals surface area contributed by atoms with Crippen molar-refractivity contribution in [1.29, 1.82) is 0 Å². The van der Waals surface area contributed by atoms with Crippen LogP contribution in [0, 0.1) is 96.4 Å². The summed E-state index contributed by atoms with van der Waals surface area (Å²) in [5.74, 6) is 1.36. The Morgan fingerprint density at radius 1 is 0.410 bits per heavy atom. The number of anilines is 4. The van der Waals surface area contributed by atoms with Crippen LogP contribution in [-0.4, -0.2) is 139 Å². The number of ether oxygens (including phenoxy) is 4. The van der Waals surface area contributed by atoms with Gasteiger partial charge in [0.2, 0.25) is 0 Å². The fraction of sp³-hybridized carbons (Fsp3) is 0.485. The number of hydrogen-bond donors (Lipinski definition) is 0. The summed E-state index contributed by atoms with van der Waals surface area (Å²) in [6.45, 7) is 45.5. The minimum absolute atomic E-state index is 0. The van der Waals surface area contributed by atoms with Crippen LogP contribution in [0.3, 0.4) is 0 Å². The van der Waals surface area contributed by atoms with Crippen LogP contribution in [-0.2, 0) is 46.1 Å². The number of halogens is 5. The summed E-state index contributed by atoms with van der Waals surface area (Å²) in [7, 11) is 23.1. The van der Waals surface area contributed by atoms with E-state index in [1.54, 1.807) is 120 Å². The van der Waals surface area contributed by atoms with Crippen molar-refractivity contribution < 1.29 is 60.3 Å². The monoisotopic (exact) mass is 1870 g/mol. The summed E-state index contributed by atoms with van der Waals surface area (Å²) < 4.78 is 25.9. The van der Waals surface area contributed by atoms with Gasteiger partial charge in [0, 0.05) is 75.5 Å². The quantitative estimate of drug-likeness (QED) is 0.0529. The van der Waals surface area contributed by atoms with Crippen molar-refractivity contribution in [1.82, 2.24) is 9.80 Å². The molecule has 7 fully saturated rings. The van der Waals surface area contributed by atoms with Crippen molar-refractivity contribution in [2.45, 2.75) is 229 Å². The standard InChI is InChI=1S/2C21H27N2.C18H33P.C16H21NO3.C14H17NO3.C7H6.4ClH.FH.2Ru/c2*1-14-9-16(3)20(17(4)10-14)22-7-8-23(13-22)21-18(5)11-15(2)12-19(21)6;1-4-10-16(11-5-1)19(17-12-6-2-7-13-17)18-14-8-3-9-15-18;1-3-6-14-7-4-5-8-15(14)20-13(2)16(18)17-9-11-19-12-10-17;1-11-5-3-4-6-13(11)18-12(2)14(16)15-7-9-17-10-8-15;1-7-5-3-2-4-6-7;;;;;;;/h2*9-13H,7-8H2,1-6H3;16-18H,1-15H2;3-8,13H,9-12H2,1-2H3;1,3-6,12H,7-10H2,2H3;1-6H;5*1H;;/q2*-1;;;;;;;;;;2*+2/p-3. The number of allylic oxidation sites excluding steroid dienone is 1. The molecular weight excluding hydrogens is 1740 g/mol. The molecule has 20 heteroatoms. The van der Waals surface area contributed by atoms with Gasteiger partial charge in [0.05, 0.1) is 30.2 Å². The molecule has 0 N–H and O–H groups in total. The van der Waals surface area contributed by atoms with E-state index in [1.807, 2.05) is 107 Å². The Hall–Kier alpha value is -5.55. The van der Waals surface area contributed by atoms with Gasteiger partial charge in [-0.3, -0.25) is 9.50 Å². The predicted molar refractivity (Wildman–Crippen MR) is 495 cm³/mol. The van der Waals surface area contributed by atoms with Gasteiger partial charge in [0.15, 0.2) is 6.10 Å². The number of benzene rings is 7. The SMILES string of the molecule is C1CCC([PH+](C2CCCCC2)C2CCCCC2)CC1.CC(Oc1ccccc1[CH]=[Ru]([Cl])[Cl])C(=O)N1CCOCC1.CC=Cc1ccccc1OC(C)C(=O)N1CCOCC1.Cc1cc(C)c(N2[CH-]N(c3c(C)cc(C)cc3C)CC2)c(C)c1.Cc1cc(C)c(N2[CH-]N(c3c(C)cc(C)cc3C)CC2)c(C)c1.F.[Cl][Ru]([Cl])=[CH]c1ccccc1. The van der Waals surface area contributed by atoms with E-state index < -0.39 is 39.2 Å². The van der Waals surface area contributed by atoms with Crippen molar-refractivity contribution in [3.63, 3.8) is 0 Å². The normalized spacial score (nSPS) is 17.4. The van der Waals surface area contributed by atoms with Gasteiger partial charge in [-0.2, -0.15) is 13.3 Å². The van der Waals surface area contributed by atoms with Gasteiger partial charge in [-0.15, -0.1) is 0 Å². The first-order valence-electron chi connectivity index (χ1n) is 42.3. The Kier molecular flexibility index (Phi) is 41.0. The maximum absolute atomic E-state index is 12.3. The van der Waals surface area contributed by atoms with E-state index in [0.29, 0.717) is 58.4 Å². The van der Waals surface area contributed by atoms with E-state index in [-0.39, 0.29) is 24.4 Å². The molecule has 117 heavy (non-hydrogen) atoms. The van der Waals surface area contributed by atoms with Crippen molar-refractivity contribution in [2.24, 2.45) is 0 Å². The molecule has 644 valence electrons. The van der Waals surface area contributed by atoms with Crippen LogP contribution in [0.2, 0.25) is 0 Å². The molecule has 7 aromatic carbocycles. The fourth-order valence-corrected chi connectivity index (χ4v) is 27.2. The molecule has 12 nitrogen and oxygen atoms in total. The van der Waals surface area contributed by atoms with Crippen molar-refractivity contribution in [3.8, 4) is 11.5 Å². The molecule has 4 aliphatic heterocycles. The van der Waals surface area contributed by atoms with E-state index in [0.717, 1.165) is 48.6 Å². The molecule has 3 aliphatic carbocycles. The first-order chi connectivity index (χ1) is 55.8. The van der Waals surface area contributed by atoms with Crippen molar-refractivity contribution >= 4 is 96.5 Å². The number of nitrogens with zero attached hydrogens (tertiary/aromatic N) is 6. The van der Waals surface area contributed by atoms with Gasteiger partial charge in [0.25, 0.3) is 5.91 Å². The molecule has 4 saturated heterocycles. The van der Waals surface area contributed by atoms with Crippen molar-refractivity contribution in [2.75, 3.05) is 98.4 Å². The molecule has 14 rings (SSSR count). The molecule has 0 radical (unpaired) electrons. The van der Waals surface area contributed by atoms with Crippen LogP contribution in [0.1, 0.15) is 201 Å². The maximum atomic E-state index is 12.3. The predicted octanol–water partition coefficient (Wildman–Crippen LogP) is 23.8. The van der Waals surface area contributed by atoms with Gasteiger partial charge in [-0.25, -0.2) is 0 Å². The van der Waals surface area contributed by atoms with Gasteiger partial charge < -0.3 is 34.0 Å². The Morgan fingerprint density at radius 3 is 0.991 bits per heavy atom. The second-order valence-corrected chi connectivity index (χ2v) is 47.4. The van der Waals surface area contributed by atoms with Crippen LogP contribution in [0.5, 0.6) is 11.5 Å². The second-order valence-electron chi connectivity index (χ2n) is 32.5. The number of rotatable bonds is 16. The van der Waals surface area contributed by atoms with Crippen LogP contribution < -0.4 is 29.1 Å². The number of para-hydroxylation sites is 2. The van der Waals surface area contributed by atoms with E-state index in [4.69, 9.17) is 57.7 Å². The first-order valence-corrected chi connectivity index (χ1v) is 55.0. The van der Waals surface area contributed by atoms with Crippen LogP contribution in [0.4, 0.5) is 27.5 Å². The third kappa shape index (κ3) is 29.6. The second kappa shape index (κ2) is 49.5. The van der Waals surface area contributed by atoms with Gasteiger partial charge in [-0.05, 0) is 225 Å². The molecule has 7 aliphatic rings. The summed E-state index contributed by atoms with van der Waals surface area (Å²) >= 11 is -3.55. The molecule has 2 atom stereocenters. The Balaban J connectivity index is 0.000000177. The van der Waals surface area contributed by atoms with Crippen LogP contribution >= 0.6 is 46.7 Å². The molecule has 7 aromatic rings. The summed E-state index contributed by atoms with van der Waals surface area (Å²) in [5, 5.41) is 0. The third-order valence-electron chi connectivity index (χ3n) is 23.0. The molecule has 2 amide bonds. The Bertz CT molecular complexity index is 3990. The fourth-order valence-electron chi connectivity index (χ4n) is 18.3. The van der Waals surface area contributed by atoms with Crippen LogP contribution in [0.25, 0.3) is 6.08 Å². The number of morpholine rings is 2. The number of hydrogen-bond acceptors (Lipinski definition) is 10. The first kappa shape index (κ1) is 96.9. The molecular formula is C97H133Cl4FN6O6PRu2-. The summed E-state index contributed by atoms with van der Waals surface area (Å²) in [4.78, 5) is 37.8. The average Bonchev–Trinajstić information content (AvgIpc) is 1.68. The number of aryl methyl sites for hydroxylation is 12. The zero-order chi connectivity index (χ0) is 83.4. The molecule has 3 saturated carbocycles. The third-order valence-corrected chi connectivity index (χ3v) is 31.2. The molecule has 0 bridgehead atoms. The molecule has 2 unspecified atom stereocenters. The Morgan fingerprint density at radius 2 is 0.692 bits per heavy atom. The number of carbonyl (C=O) groups is 2. The van der Waals surface area contributed by atoms with E-state index in [2.05, 4.69) is 165 Å². The zero-order valence-electron chi connectivity index (χ0n) is 72.3. The number of amides is 2. The summed E-state index contributed by atoms with van der Waals surface area (Å²) in [5.41, 5.74) is 28.3. The summed E-state index contributed by atoms with van der Waals surface area (Å²) in [6.07, 6.45) is 26.7. The van der Waals surface area contributed by atoms with E-state index >= 15 is 0 Å². The molecule has 0 spiro atoms. The summed E-state index contributed by atoms with van der Waals surface area (Å²) in [6, 6.07) is 43.3. The minimum atomic E-state index is -1.94. The van der Waals surface area contributed by atoms with Crippen LogP contribution in [0.15, 0.2) is 133 Å². The topological polar surface area (TPSA) is 90.5 Å². The average molecular weight is 1870 g/mol. The van der Waals surface area contributed by atoms with E-state index in [9.17, 15) is 9.59 Å². The zero-order valence-corrected chi connectivity index (χ0v) is 79.8. The van der Waals surface area contributed by atoms with Gasteiger partial charge >= 0.3 is 211 Å². The van der Waals surface area contributed by atoms with E-state index in [1.165, 1.54) is 106 Å². The molecule has 4 heterocycles. The molecule has 0 aromatic heterocycles.